The fraction of sp³-hybridized carbons (Fsp3) is 0.235. The molecule has 2 rings (SSSR count). The molecule has 0 aliphatic heterocycles. The third-order valence-corrected chi connectivity index (χ3v) is 4.94. The Morgan fingerprint density at radius 1 is 1.22 bits per heavy atom. The smallest absolute Gasteiger partial charge is 0.338 e. The van der Waals surface area contributed by atoms with Crippen molar-refractivity contribution in [3.8, 4) is 5.75 Å². The number of anilines is 1. The van der Waals surface area contributed by atoms with Gasteiger partial charge in [0.05, 0.1) is 22.0 Å². The molecule has 0 radical (unpaired) electrons. The molecule has 2 aromatic carbocycles. The summed E-state index contributed by atoms with van der Waals surface area (Å²) in [4.78, 5) is 21.4. The summed E-state index contributed by atoms with van der Waals surface area (Å²) in [7, 11) is -4.12. The van der Waals surface area contributed by atoms with E-state index in [4.69, 9.17) is 4.74 Å². The third-order valence-electron chi connectivity index (χ3n) is 3.56. The molecule has 27 heavy (non-hydrogen) atoms. The number of sulfonamides is 1. The SMILES string of the molecule is CCCCOC(=O)c1ccc(NS(=O)(=O)c2ccc(O)c([N+](=O)[O-])c2)cc1. The van der Waals surface area contributed by atoms with Gasteiger partial charge in [-0.25, -0.2) is 13.2 Å². The van der Waals surface area contributed by atoms with Crippen LogP contribution in [0.1, 0.15) is 30.1 Å². The van der Waals surface area contributed by atoms with Crippen molar-refractivity contribution in [2.24, 2.45) is 0 Å². The number of ether oxygens (including phenoxy) is 1. The lowest BCUT2D eigenvalue weighted by molar-refractivity contribution is -0.386. The minimum Gasteiger partial charge on any atom is -0.502 e. The summed E-state index contributed by atoms with van der Waals surface area (Å²) < 4.78 is 32.1. The van der Waals surface area contributed by atoms with Crippen molar-refractivity contribution in [2.45, 2.75) is 24.7 Å². The number of nitro groups is 1. The van der Waals surface area contributed by atoms with E-state index in [0.29, 0.717) is 6.61 Å². The van der Waals surface area contributed by atoms with E-state index in [0.717, 1.165) is 31.0 Å². The van der Waals surface area contributed by atoms with Crippen molar-refractivity contribution in [3.63, 3.8) is 0 Å². The topological polar surface area (TPSA) is 136 Å². The number of aromatic hydroxyl groups is 1. The highest BCUT2D eigenvalue weighted by atomic mass is 32.2. The maximum atomic E-state index is 12.4. The molecule has 0 aromatic heterocycles. The fourth-order valence-electron chi connectivity index (χ4n) is 2.10. The summed E-state index contributed by atoms with van der Waals surface area (Å²) in [5.41, 5.74) is -0.284. The van der Waals surface area contributed by atoms with Gasteiger partial charge < -0.3 is 9.84 Å². The predicted octanol–water partition coefficient (Wildman–Crippen LogP) is 3.06. The highest BCUT2D eigenvalue weighted by Gasteiger charge is 2.21. The predicted molar refractivity (Wildman–Crippen MR) is 97.2 cm³/mol. The Labute approximate surface area is 155 Å². The molecule has 0 fully saturated rings. The Kier molecular flexibility index (Phi) is 6.35. The molecule has 0 heterocycles. The molecule has 2 N–H and O–H groups in total. The van der Waals surface area contributed by atoms with Gasteiger partial charge in [0.15, 0.2) is 5.75 Å². The van der Waals surface area contributed by atoms with E-state index in [1.165, 1.54) is 24.3 Å². The average molecular weight is 394 g/mol. The van der Waals surface area contributed by atoms with Crippen molar-refractivity contribution >= 4 is 27.4 Å². The lowest BCUT2D eigenvalue weighted by Gasteiger charge is -2.09. The van der Waals surface area contributed by atoms with Gasteiger partial charge in [0.2, 0.25) is 0 Å². The van der Waals surface area contributed by atoms with Crippen molar-refractivity contribution in [1.82, 2.24) is 0 Å². The molecule has 0 atom stereocenters. The Hall–Kier alpha value is -3.14. The van der Waals surface area contributed by atoms with Crippen LogP contribution in [0.2, 0.25) is 0 Å². The largest absolute Gasteiger partial charge is 0.502 e. The Morgan fingerprint density at radius 3 is 2.48 bits per heavy atom. The summed E-state index contributed by atoms with van der Waals surface area (Å²) in [6.07, 6.45) is 1.64. The molecule has 0 aliphatic rings. The Bertz CT molecular complexity index is 940. The van der Waals surface area contributed by atoms with Gasteiger partial charge in [0.25, 0.3) is 10.0 Å². The van der Waals surface area contributed by atoms with Gasteiger partial charge in [-0.1, -0.05) is 13.3 Å². The number of rotatable bonds is 8. The first-order valence-electron chi connectivity index (χ1n) is 8.02. The summed E-state index contributed by atoms with van der Waals surface area (Å²) in [6, 6.07) is 8.31. The average Bonchev–Trinajstić information content (AvgIpc) is 2.62. The normalized spacial score (nSPS) is 11.0. The molecule has 0 unspecified atom stereocenters. The number of esters is 1. The number of unbranched alkanes of at least 4 members (excludes halogenated alkanes) is 1. The summed E-state index contributed by atoms with van der Waals surface area (Å²) in [6.45, 7) is 2.28. The van der Waals surface area contributed by atoms with Gasteiger partial charge in [-0.05, 0) is 42.8 Å². The summed E-state index contributed by atoms with van der Waals surface area (Å²) in [5.74, 6) is -1.14. The highest BCUT2D eigenvalue weighted by molar-refractivity contribution is 7.92. The molecule has 0 aliphatic carbocycles. The molecule has 10 heteroatoms. The fourth-order valence-corrected chi connectivity index (χ4v) is 3.18. The zero-order valence-corrected chi connectivity index (χ0v) is 15.2. The maximum Gasteiger partial charge on any atom is 0.338 e. The van der Waals surface area contributed by atoms with Gasteiger partial charge in [-0.2, -0.15) is 0 Å². The summed E-state index contributed by atoms with van der Waals surface area (Å²) in [5, 5.41) is 20.3. The molecule has 9 nitrogen and oxygen atoms in total. The van der Waals surface area contributed by atoms with Gasteiger partial charge in [0, 0.05) is 11.8 Å². The van der Waals surface area contributed by atoms with Crippen molar-refractivity contribution in [2.75, 3.05) is 11.3 Å². The van der Waals surface area contributed by atoms with Crippen LogP contribution in [-0.4, -0.2) is 31.0 Å². The van der Waals surface area contributed by atoms with Gasteiger partial charge >= 0.3 is 11.7 Å². The van der Waals surface area contributed by atoms with Crippen molar-refractivity contribution in [1.29, 1.82) is 0 Å². The molecule has 2 aromatic rings. The van der Waals surface area contributed by atoms with Gasteiger partial charge in [0.1, 0.15) is 0 Å². The van der Waals surface area contributed by atoms with E-state index in [-0.39, 0.29) is 16.1 Å². The van der Waals surface area contributed by atoms with Crippen LogP contribution in [0.4, 0.5) is 11.4 Å². The maximum absolute atomic E-state index is 12.4. The molecule has 0 saturated heterocycles. The molecular weight excluding hydrogens is 376 g/mol. The van der Waals surface area contributed by atoms with Crippen LogP contribution in [0.3, 0.4) is 0 Å². The van der Waals surface area contributed by atoms with Gasteiger partial charge in [-0.3, -0.25) is 14.8 Å². The lowest BCUT2D eigenvalue weighted by atomic mass is 10.2. The van der Waals surface area contributed by atoms with Crippen LogP contribution >= 0.6 is 0 Å². The van der Waals surface area contributed by atoms with E-state index >= 15 is 0 Å². The van der Waals surface area contributed by atoms with Crippen molar-refractivity contribution < 1.29 is 28.0 Å². The second-order valence-electron chi connectivity index (χ2n) is 5.58. The van der Waals surface area contributed by atoms with Crippen LogP contribution in [0, 0.1) is 10.1 Å². The minimum absolute atomic E-state index is 0.163. The monoisotopic (exact) mass is 394 g/mol. The number of nitrogens with one attached hydrogen (secondary N) is 1. The number of phenolic OH excluding ortho intramolecular Hbond substituents is 1. The number of nitrogens with zero attached hydrogens (tertiary/aromatic N) is 1. The first-order chi connectivity index (χ1) is 12.7. The number of carbonyl (C=O) groups is 1. The van der Waals surface area contributed by atoms with Gasteiger partial charge in [-0.15, -0.1) is 0 Å². The number of carbonyl (C=O) groups excluding carboxylic acids is 1. The lowest BCUT2D eigenvalue weighted by Crippen LogP contribution is -2.13. The Balaban J connectivity index is 2.15. The molecule has 0 bridgehead atoms. The zero-order valence-electron chi connectivity index (χ0n) is 14.4. The Morgan fingerprint density at radius 2 is 1.89 bits per heavy atom. The van der Waals surface area contributed by atoms with E-state index < -0.39 is 32.4 Å². The highest BCUT2D eigenvalue weighted by Crippen LogP contribution is 2.29. The first-order valence-corrected chi connectivity index (χ1v) is 9.50. The van der Waals surface area contributed by atoms with Crippen LogP contribution in [-0.2, 0) is 14.8 Å². The standard InChI is InChI=1S/C17H18N2O7S/c1-2-3-10-26-17(21)12-4-6-13(7-5-12)18-27(24,25)14-8-9-16(20)15(11-14)19(22)23/h4-9,11,18,20H,2-3,10H2,1H3. The third kappa shape index (κ3) is 5.17. The molecule has 144 valence electrons. The summed E-state index contributed by atoms with van der Waals surface area (Å²) >= 11 is 0. The minimum atomic E-state index is -4.12. The van der Waals surface area contributed by atoms with Crippen LogP contribution in [0.5, 0.6) is 5.75 Å². The molecule has 0 spiro atoms. The van der Waals surface area contributed by atoms with E-state index in [1.54, 1.807) is 0 Å². The zero-order chi connectivity index (χ0) is 20.0. The number of hydrogen-bond donors (Lipinski definition) is 2. The van der Waals surface area contributed by atoms with Crippen LogP contribution in [0.15, 0.2) is 47.4 Å². The number of benzene rings is 2. The second-order valence-corrected chi connectivity index (χ2v) is 7.26. The first kappa shape index (κ1) is 20.2. The van der Waals surface area contributed by atoms with Crippen LogP contribution < -0.4 is 4.72 Å². The van der Waals surface area contributed by atoms with Crippen LogP contribution in [0.25, 0.3) is 0 Å². The second kappa shape index (κ2) is 8.49. The van der Waals surface area contributed by atoms with E-state index in [1.807, 2.05) is 6.92 Å². The molecular formula is C17H18N2O7S. The number of hydrogen-bond acceptors (Lipinski definition) is 7. The molecule has 0 amide bonds. The van der Waals surface area contributed by atoms with E-state index in [9.17, 15) is 28.4 Å². The molecule has 0 saturated carbocycles. The quantitative estimate of drug-likeness (QED) is 0.304. The number of nitro benzene ring substituents is 1. The van der Waals surface area contributed by atoms with E-state index in [2.05, 4.69) is 4.72 Å². The van der Waals surface area contributed by atoms with Crippen molar-refractivity contribution in [3.05, 3.63) is 58.1 Å². The number of phenols is 1.